The lowest BCUT2D eigenvalue weighted by Gasteiger charge is -2.38. The molecule has 1 heterocycles. The highest BCUT2D eigenvalue weighted by molar-refractivity contribution is 7.98. The summed E-state index contributed by atoms with van der Waals surface area (Å²) in [6, 6.07) is 10.3. The Kier molecular flexibility index (Phi) is 8.07. The van der Waals surface area contributed by atoms with Crippen LogP contribution in [-0.2, 0) is 19.4 Å². The summed E-state index contributed by atoms with van der Waals surface area (Å²) < 4.78 is 32.0. The molecule has 178 valence electrons. The molecule has 3 atom stereocenters. The van der Waals surface area contributed by atoms with E-state index in [1.165, 1.54) is 0 Å². The number of sulfone groups is 1. The molecule has 3 rings (SSSR count). The number of rotatable bonds is 8. The highest BCUT2D eigenvalue weighted by atomic mass is 32.2. The molecule has 0 saturated carbocycles. The number of nitrogens with one attached hydrogen (secondary N) is 2. The standard InChI is InChI=1S/C24H30N2O5S2/c1-5-11-31-23(27)21-20(14-33(29,30)19-10-9-15(2)16(3)12-19)25-24(28)26-22(21)17-7-6-8-18(13-17)32-4/h6-10,12-13,20-22H,5,11,14H2,1-4H3,(H2,25,26,28). The van der Waals surface area contributed by atoms with E-state index in [4.69, 9.17) is 4.74 Å². The normalized spacial score (nSPS) is 20.6. The van der Waals surface area contributed by atoms with Crippen LogP contribution in [-0.4, -0.2) is 45.1 Å². The van der Waals surface area contributed by atoms with Gasteiger partial charge in [0.05, 0.1) is 29.3 Å². The van der Waals surface area contributed by atoms with Gasteiger partial charge in [0.15, 0.2) is 9.84 Å². The van der Waals surface area contributed by atoms with E-state index in [0.717, 1.165) is 21.6 Å². The van der Waals surface area contributed by atoms with Crippen LogP contribution in [0.3, 0.4) is 0 Å². The van der Waals surface area contributed by atoms with Crippen LogP contribution in [0.1, 0.15) is 36.1 Å². The summed E-state index contributed by atoms with van der Waals surface area (Å²) in [6.07, 6.45) is 2.57. The molecule has 1 aliphatic rings. The predicted octanol–water partition coefficient (Wildman–Crippen LogP) is 3.79. The maximum absolute atomic E-state index is 13.3. The Morgan fingerprint density at radius 3 is 2.52 bits per heavy atom. The third kappa shape index (κ3) is 5.89. The number of urea groups is 1. The molecule has 33 heavy (non-hydrogen) atoms. The van der Waals surface area contributed by atoms with Crippen molar-refractivity contribution in [1.29, 1.82) is 0 Å². The van der Waals surface area contributed by atoms with Crippen LogP contribution in [0, 0.1) is 19.8 Å². The van der Waals surface area contributed by atoms with Crippen molar-refractivity contribution in [2.75, 3.05) is 18.6 Å². The van der Waals surface area contributed by atoms with Gasteiger partial charge < -0.3 is 15.4 Å². The molecule has 3 unspecified atom stereocenters. The van der Waals surface area contributed by atoms with Gasteiger partial charge in [-0.05, 0) is 67.5 Å². The van der Waals surface area contributed by atoms with Gasteiger partial charge in [-0.15, -0.1) is 11.8 Å². The van der Waals surface area contributed by atoms with Gasteiger partial charge in [0.2, 0.25) is 0 Å². The van der Waals surface area contributed by atoms with Gasteiger partial charge in [-0.1, -0.05) is 25.1 Å². The first-order valence-electron chi connectivity index (χ1n) is 10.8. The minimum atomic E-state index is -3.78. The van der Waals surface area contributed by atoms with Gasteiger partial charge in [0.1, 0.15) is 5.92 Å². The highest BCUT2D eigenvalue weighted by Crippen LogP contribution is 2.32. The molecule has 0 aliphatic carbocycles. The third-order valence-electron chi connectivity index (χ3n) is 5.81. The fourth-order valence-electron chi connectivity index (χ4n) is 3.87. The molecule has 2 amide bonds. The topological polar surface area (TPSA) is 102 Å². The van der Waals surface area contributed by atoms with Gasteiger partial charge in [-0.2, -0.15) is 0 Å². The fraction of sp³-hybridized carbons (Fsp3) is 0.417. The number of benzene rings is 2. The van der Waals surface area contributed by atoms with Gasteiger partial charge in [-0.25, -0.2) is 13.2 Å². The quantitative estimate of drug-likeness (QED) is 0.431. The van der Waals surface area contributed by atoms with Crippen molar-refractivity contribution >= 4 is 33.6 Å². The minimum Gasteiger partial charge on any atom is -0.465 e. The number of hydrogen-bond donors (Lipinski definition) is 2. The minimum absolute atomic E-state index is 0.167. The smallest absolute Gasteiger partial charge is 0.315 e. The van der Waals surface area contributed by atoms with Crippen molar-refractivity contribution < 1.29 is 22.7 Å². The molecule has 0 spiro atoms. The average Bonchev–Trinajstić information content (AvgIpc) is 2.78. The number of amides is 2. The molecule has 1 fully saturated rings. The van der Waals surface area contributed by atoms with E-state index in [-0.39, 0.29) is 11.5 Å². The first-order chi connectivity index (χ1) is 15.7. The van der Waals surface area contributed by atoms with Gasteiger partial charge in [0.25, 0.3) is 0 Å². The molecule has 0 radical (unpaired) electrons. The van der Waals surface area contributed by atoms with Gasteiger partial charge in [-0.3, -0.25) is 4.79 Å². The second kappa shape index (κ2) is 10.6. The van der Waals surface area contributed by atoms with Crippen LogP contribution in [0.5, 0.6) is 0 Å². The Hall–Kier alpha value is -2.52. The van der Waals surface area contributed by atoms with E-state index < -0.39 is 45.6 Å². The molecule has 2 aromatic rings. The zero-order chi connectivity index (χ0) is 24.2. The lowest BCUT2D eigenvalue weighted by Crippen LogP contribution is -2.60. The SMILES string of the molecule is CCCOC(=O)C1C(CS(=O)(=O)c2ccc(C)c(C)c2)NC(=O)NC1c1cccc(SC)c1. The zero-order valence-electron chi connectivity index (χ0n) is 19.3. The Balaban J connectivity index is 2.00. The van der Waals surface area contributed by atoms with E-state index in [2.05, 4.69) is 10.6 Å². The molecule has 2 N–H and O–H groups in total. The largest absolute Gasteiger partial charge is 0.465 e. The lowest BCUT2D eigenvalue weighted by molar-refractivity contribution is -0.151. The number of aryl methyl sites for hydroxylation is 2. The van der Waals surface area contributed by atoms with Crippen LogP contribution < -0.4 is 10.6 Å². The molecular formula is C24H30N2O5S2. The number of carbonyl (C=O) groups excluding carboxylic acids is 2. The van der Waals surface area contributed by atoms with Gasteiger partial charge >= 0.3 is 12.0 Å². The van der Waals surface area contributed by atoms with E-state index >= 15 is 0 Å². The maximum atomic E-state index is 13.3. The average molecular weight is 491 g/mol. The highest BCUT2D eigenvalue weighted by Gasteiger charge is 2.45. The predicted molar refractivity (Wildman–Crippen MR) is 129 cm³/mol. The van der Waals surface area contributed by atoms with Crippen LogP contribution in [0.2, 0.25) is 0 Å². The molecule has 0 aromatic heterocycles. The number of ether oxygens (including phenoxy) is 1. The van der Waals surface area contributed by atoms with E-state index in [0.29, 0.717) is 6.42 Å². The first-order valence-corrected chi connectivity index (χ1v) is 13.7. The Labute approximate surface area is 199 Å². The Morgan fingerprint density at radius 1 is 1.09 bits per heavy atom. The molecular weight excluding hydrogens is 460 g/mol. The fourth-order valence-corrected chi connectivity index (χ4v) is 5.93. The summed E-state index contributed by atoms with van der Waals surface area (Å²) >= 11 is 1.54. The number of thioether (sulfide) groups is 1. The second-order valence-electron chi connectivity index (χ2n) is 8.20. The Bertz CT molecular complexity index is 1130. The first kappa shape index (κ1) is 25.1. The molecule has 2 aromatic carbocycles. The van der Waals surface area contributed by atoms with Crippen LogP contribution >= 0.6 is 11.8 Å². The second-order valence-corrected chi connectivity index (χ2v) is 11.1. The third-order valence-corrected chi connectivity index (χ3v) is 8.30. The molecule has 1 aliphatic heterocycles. The number of esters is 1. The van der Waals surface area contributed by atoms with Crippen molar-refractivity contribution in [3.05, 3.63) is 59.2 Å². The lowest BCUT2D eigenvalue weighted by atomic mass is 9.86. The zero-order valence-corrected chi connectivity index (χ0v) is 20.9. The summed E-state index contributed by atoms with van der Waals surface area (Å²) in [7, 11) is -3.78. The van der Waals surface area contributed by atoms with E-state index in [1.807, 2.05) is 51.3 Å². The molecule has 7 nitrogen and oxygen atoms in total. The Morgan fingerprint density at radius 2 is 1.85 bits per heavy atom. The van der Waals surface area contributed by atoms with Crippen molar-refractivity contribution in [2.24, 2.45) is 5.92 Å². The molecule has 0 bridgehead atoms. The monoisotopic (exact) mass is 490 g/mol. The summed E-state index contributed by atoms with van der Waals surface area (Å²) in [5, 5.41) is 5.48. The van der Waals surface area contributed by atoms with Gasteiger partial charge in [0, 0.05) is 4.90 Å². The summed E-state index contributed by atoms with van der Waals surface area (Å²) in [5.74, 6) is -1.86. The maximum Gasteiger partial charge on any atom is 0.315 e. The van der Waals surface area contributed by atoms with E-state index in [9.17, 15) is 18.0 Å². The van der Waals surface area contributed by atoms with E-state index in [1.54, 1.807) is 30.0 Å². The van der Waals surface area contributed by atoms with Crippen LogP contribution in [0.25, 0.3) is 0 Å². The summed E-state index contributed by atoms with van der Waals surface area (Å²) in [5.41, 5.74) is 2.57. The van der Waals surface area contributed by atoms with Crippen molar-refractivity contribution in [1.82, 2.24) is 10.6 Å². The van der Waals surface area contributed by atoms with Crippen molar-refractivity contribution in [3.8, 4) is 0 Å². The van der Waals surface area contributed by atoms with Crippen molar-refractivity contribution in [3.63, 3.8) is 0 Å². The summed E-state index contributed by atoms with van der Waals surface area (Å²) in [4.78, 5) is 26.8. The number of carbonyl (C=O) groups is 2. The summed E-state index contributed by atoms with van der Waals surface area (Å²) in [6.45, 7) is 5.86. The van der Waals surface area contributed by atoms with Crippen molar-refractivity contribution in [2.45, 2.75) is 49.1 Å². The molecule has 1 saturated heterocycles. The molecule has 9 heteroatoms. The van der Waals surface area contributed by atoms with Crippen LogP contribution in [0.4, 0.5) is 4.79 Å². The number of hydrogen-bond acceptors (Lipinski definition) is 6. The van der Waals surface area contributed by atoms with Crippen LogP contribution in [0.15, 0.2) is 52.3 Å².